The summed E-state index contributed by atoms with van der Waals surface area (Å²) in [6.45, 7) is 2.62. The molecule has 4 rings (SSSR count). The lowest BCUT2D eigenvalue weighted by molar-refractivity contribution is 0.0600. The number of esters is 1. The molecule has 0 amide bonds. The Morgan fingerprint density at radius 1 is 1.07 bits per heavy atom. The van der Waals surface area contributed by atoms with E-state index in [9.17, 15) is 4.79 Å². The zero-order valence-electron chi connectivity index (χ0n) is 16.7. The topological polar surface area (TPSA) is 70.2 Å². The van der Waals surface area contributed by atoms with Crippen molar-refractivity contribution in [3.05, 3.63) is 89.4 Å². The second-order valence-corrected chi connectivity index (χ2v) is 7.71. The van der Waals surface area contributed by atoms with Gasteiger partial charge in [-0.3, -0.25) is 4.57 Å². The molecule has 0 fully saturated rings. The summed E-state index contributed by atoms with van der Waals surface area (Å²) >= 11 is 1.59. The summed E-state index contributed by atoms with van der Waals surface area (Å²) in [4.78, 5) is 11.6. The highest BCUT2D eigenvalue weighted by molar-refractivity contribution is 7.98. The lowest BCUT2D eigenvalue weighted by Crippen LogP contribution is -2.04. The first kappa shape index (κ1) is 20.0. The molecule has 0 unspecified atom stereocenters. The van der Waals surface area contributed by atoms with Gasteiger partial charge >= 0.3 is 5.97 Å². The first-order valence-electron chi connectivity index (χ1n) is 9.47. The van der Waals surface area contributed by atoms with E-state index in [0.717, 1.165) is 33.4 Å². The summed E-state index contributed by atoms with van der Waals surface area (Å²) < 4.78 is 12.4. The number of hydrogen-bond donors (Lipinski definition) is 0. The van der Waals surface area contributed by atoms with E-state index < -0.39 is 0 Å². The van der Waals surface area contributed by atoms with Crippen molar-refractivity contribution in [2.24, 2.45) is 0 Å². The SMILES string of the molecule is COC(=O)c1ccc(CSc2nnc(-c3ccccc3C)n2Cc2ccco2)cc1. The predicted molar refractivity (Wildman–Crippen MR) is 115 cm³/mol. The van der Waals surface area contributed by atoms with Gasteiger partial charge in [0.25, 0.3) is 0 Å². The molecule has 4 aromatic rings. The Morgan fingerprint density at radius 3 is 2.57 bits per heavy atom. The van der Waals surface area contributed by atoms with Crippen molar-refractivity contribution in [1.29, 1.82) is 0 Å². The van der Waals surface area contributed by atoms with Gasteiger partial charge in [0, 0.05) is 11.3 Å². The van der Waals surface area contributed by atoms with Gasteiger partial charge in [0.05, 0.1) is 25.5 Å². The number of carbonyl (C=O) groups excluding carboxylic acids is 1. The number of aryl methyl sites for hydroxylation is 1. The maximum atomic E-state index is 11.6. The van der Waals surface area contributed by atoms with Crippen LogP contribution < -0.4 is 0 Å². The number of thioether (sulfide) groups is 1. The second kappa shape index (κ2) is 9.00. The molecule has 7 heteroatoms. The van der Waals surface area contributed by atoms with Crippen LogP contribution in [0.4, 0.5) is 0 Å². The smallest absolute Gasteiger partial charge is 0.337 e. The monoisotopic (exact) mass is 419 g/mol. The van der Waals surface area contributed by atoms with Crippen LogP contribution in [-0.2, 0) is 17.0 Å². The number of ether oxygens (including phenoxy) is 1. The highest BCUT2D eigenvalue weighted by Gasteiger charge is 2.17. The molecule has 0 radical (unpaired) electrons. The largest absolute Gasteiger partial charge is 0.467 e. The van der Waals surface area contributed by atoms with E-state index in [1.165, 1.54) is 7.11 Å². The molecule has 2 heterocycles. The van der Waals surface area contributed by atoms with Gasteiger partial charge in [0.15, 0.2) is 11.0 Å². The standard InChI is InChI=1S/C23H21N3O3S/c1-16-6-3-4-8-20(16)21-24-25-23(26(21)14-19-7-5-13-29-19)30-15-17-9-11-18(12-10-17)22(27)28-2/h3-13H,14-15H2,1-2H3. The fourth-order valence-electron chi connectivity index (χ4n) is 3.12. The first-order chi connectivity index (χ1) is 14.7. The van der Waals surface area contributed by atoms with Gasteiger partial charge in [-0.1, -0.05) is 48.2 Å². The van der Waals surface area contributed by atoms with Crippen LogP contribution in [0.1, 0.15) is 27.2 Å². The molecule has 0 aliphatic heterocycles. The normalized spacial score (nSPS) is 10.9. The fraction of sp³-hybridized carbons (Fsp3) is 0.174. The second-order valence-electron chi connectivity index (χ2n) is 6.76. The Bertz CT molecular complexity index is 1130. The maximum Gasteiger partial charge on any atom is 0.337 e. The molecule has 0 saturated carbocycles. The quantitative estimate of drug-likeness (QED) is 0.311. The van der Waals surface area contributed by atoms with Crippen molar-refractivity contribution in [2.75, 3.05) is 7.11 Å². The Morgan fingerprint density at radius 2 is 1.87 bits per heavy atom. The van der Waals surface area contributed by atoms with Gasteiger partial charge in [-0.2, -0.15) is 0 Å². The number of benzene rings is 2. The zero-order valence-corrected chi connectivity index (χ0v) is 17.6. The van der Waals surface area contributed by atoms with Crippen molar-refractivity contribution in [2.45, 2.75) is 24.4 Å². The van der Waals surface area contributed by atoms with E-state index in [1.54, 1.807) is 30.2 Å². The minimum Gasteiger partial charge on any atom is -0.467 e. The number of hydrogen-bond acceptors (Lipinski definition) is 6. The van der Waals surface area contributed by atoms with E-state index >= 15 is 0 Å². The molecule has 30 heavy (non-hydrogen) atoms. The van der Waals surface area contributed by atoms with Crippen LogP contribution in [0.25, 0.3) is 11.4 Å². The van der Waals surface area contributed by atoms with Crippen LogP contribution in [0.3, 0.4) is 0 Å². The predicted octanol–water partition coefficient (Wildman–Crippen LogP) is 4.97. The third-order valence-electron chi connectivity index (χ3n) is 4.74. The molecule has 2 aromatic carbocycles. The third kappa shape index (κ3) is 4.31. The van der Waals surface area contributed by atoms with Gasteiger partial charge in [-0.25, -0.2) is 4.79 Å². The molecule has 2 aromatic heterocycles. The van der Waals surface area contributed by atoms with Crippen molar-refractivity contribution < 1.29 is 13.9 Å². The summed E-state index contributed by atoms with van der Waals surface area (Å²) in [6, 6.07) is 19.4. The number of rotatable bonds is 7. The van der Waals surface area contributed by atoms with Crippen LogP contribution in [0.15, 0.2) is 76.5 Å². The van der Waals surface area contributed by atoms with Crippen molar-refractivity contribution in [3.63, 3.8) is 0 Å². The fourth-order valence-corrected chi connectivity index (χ4v) is 4.02. The van der Waals surface area contributed by atoms with Gasteiger partial charge in [-0.15, -0.1) is 10.2 Å². The van der Waals surface area contributed by atoms with E-state index in [0.29, 0.717) is 17.9 Å². The molecule has 0 aliphatic rings. The molecule has 0 N–H and O–H groups in total. The van der Waals surface area contributed by atoms with E-state index in [4.69, 9.17) is 9.15 Å². The lowest BCUT2D eigenvalue weighted by Gasteiger charge is -2.10. The first-order valence-corrected chi connectivity index (χ1v) is 10.5. The molecule has 0 bridgehead atoms. The third-order valence-corrected chi connectivity index (χ3v) is 5.78. The highest BCUT2D eigenvalue weighted by atomic mass is 32.2. The maximum absolute atomic E-state index is 11.6. The average molecular weight is 420 g/mol. The van der Waals surface area contributed by atoms with Crippen molar-refractivity contribution in [3.8, 4) is 11.4 Å². The molecule has 0 spiro atoms. The Kier molecular flexibility index (Phi) is 5.99. The lowest BCUT2D eigenvalue weighted by atomic mass is 10.1. The van der Waals surface area contributed by atoms with E-state index in [1.807, 2.05) is 36.4 Å². The van der Waals surface area contributed by atoms with Gasteiger partial charge in [-0.05, 0) is 42.3 Å². The Hall–Kier alpha value is -3.32. The van der Waals surface area contributed by atoms with Gasteiger partial charge in [0.1, 0.15) is 5.76 Å². The van der Waals surface area contributed by atoms with Crippen LogP contribution in [0.5, 0.6) is 0 Å². The minimum atomic E-state index is -0.338. The minimum absolute atomic E-state index is 0.338. The zero-order chi connectivity index (χ0) is 20.9. The number of nitrogens with zero attached hydrogens (tertiary/aromatic N) is 3. The molecule has 0 aliphatic carbocycles. The van der Waals surface area contributed by atoms with Crippen molar-refractivity contribution >= 4 is 17.7 Å². The number of carbonyl (C=O) groups is 1. The highest BCUT2D eigenvalue weighted by Crippen LogP contribution is 2.29. The summed E-state index contributed by atoms with van der Waals surface area (Å²) in [5.41, 5.74) is 3.80. The molecule has 152 valence electrons. The summed E-state index contributed by atoms with van der Waals surface area (Å²) in [6.07, 6.45) is 1.67. The van der Waals surface area contributed by atoms with Gasteiger partial charge in [0.2, 0.25) is 0 Å². The summed E-state index contributed by atoms with van der Waals surface area (Å²) in [7, 11) is 1.38. The van der Waals surface area contributed by atoms with Crippen LogP contribution in [0.2, 0.25) is 0 Å². The van der Waals surface area contributed by atoms with Crippen LogP contribution in [-0.4, -0.2) is 27.8 Å². The molecule has 0 atom stereocenters. The summed E-state index contributed by atoms with van der Waals surface area (Å²) in [5.74, 6) is 2.02. The molecule has 0 saturated heterocycles. The van der Waals surface area contributed by atoms with E-state index in [-0.39, 0.29) is 5.97 Å². The molecular weight excluding hydrogens is 398 g/mol. The van der Waals surface area contributed by atoms with Crippen LogP contribution in [0, 0.1) is 6.92 Å². The number of furan rings is 1. The van der Waals surface area contributed by atoms with E-state index in [2.05, 4.69) is 33.8 Å². The molecule has 6 nitrogen and oxygen atoms in total. The summed E-state index contributed by atoms with van der Waals surface area (Å²) in [5, 5.41) is 9.73. The van der Waals surface area contributed by atoms with Crippen LogP contribution >= 0.6 is 11.8 Å². The Labute approximate surface area is 178 Å². The number of methoxy groups -OCH3 is 1. The number of aromatic nitrogens is 3. The van der Waals surface area contributed by atoms with Crippen molar-refractivity contribution in [1.82, 2.24) is 14.8 Å². The molecular formula is C23H21N3O3S. The Balaban J connectivity index is 1.60. The van der Waals surface area contributed by atoms with Gasteiger partial charge < -0.3 is 9.15 Å². The average Bonchev–Trinajstić information content (AvgIpc) is 3.43.